The van der Waals surface area contributed by atoms with E-state index in [-0.39, 0.29) is 18.9 Å². The number of nitrogens with one attached hydrogen (secondary N) is 2. The summed E-state index contributed by atoms with van der Waals surface area (Å²) in [6.07, 6.45) is 0.385. The molecule has 2 aromatic heterocycles. The molecule has 10 nitrogen and oxygen atoms in total. The maximum atomic E-state index is 11.4. The summed E-state index contributed by atoms with van der Waals surface area (Å²) in [5.41, 5.74) is 0.588. The predicted octanol–water partition coefficient (Wildman–Crippen LogP) is -0.973. The average Bonchev–Trinajstić information content (AvgIpc) is 2.97. The largest absolute Gasteiger partial charge is 0.394 e. The number of rotatable bonds is 11. The van der Waals surface area contributed by atoms with Crippen molar-refractivity contribution < 1.29 is 18.3 Å². The highest BCUT2D eigenvalue weighted by atomic mass is 32.2. The van der Waals surface area contributed by atoms with E-state index in [9.17, 15) is 8.42 Å². The van der Waals surface area contributed by atoms with Gasteiger partial charge >= 0.3 is 0 Å². The lowest BCUT2D eigenvalue weighted by Crippen LogP contribution is -2.27. The third-order valence-corrected chi connectivity index (χ3v) is 4.57. The van der Waals surface area contributed by atoms with Crippen molar-refractivity contribution in [1.29, 1.82) is 0 Å². The third-order valence-electron chi connectivity index (χ3n) is 3.17. The Kier molecular flexibility index (Phi) is 6.85. The molecule has 0 aliphatic carbocycles. The van der Waals surface area contributed by atoms with Crippen LogP contribution in [0.15, 0.2) is 12.1 Å². The molecule has 0 spiro atoms. The molecule has 0 unspecified atom stereocenters. The molecule has 134 valence electrons. The normalized spacial score (nSPS) is 11.9. The summed E-state index contributed by atoms with van der Waals surface area (Å²) in [5.74, 6) is 1.24. The maximum absolute atomic E-state index is 11.4. The lowest BCUT2D eigenvalue weighted by molar-refractivity contribution is 0.0992. The smallest absolute Gasteiger partial charge is 0.211 e. The van der Waals surface area contributed by atoms with Gasteiger partial charge in [-0.25, -0.2) is 13.1 Å². The lowest BCUT2D eigenvalue weighted by atomic mass is 10.4. The number of anilines is 1. The summed E-state index contributed by atoms with van der Waals surface area (Å²) >= 11 is 0. The molecule has 2 rings (SSSR count). The number of fused-ring (bicyclic) bond motifs is 1. The summed E-state index contributed by atoms with van der Waals surface area (Å²) in [4.78, 5) is 0. The maximum Gasteiger partial charge on any atom is 0.211 e. The van der Waals surface area contributed by atoms with Gasteiger partial charge in [-0.2, -0.15) is 4.52 Å². The Morgan fingerprint density at radius 3 is 2.83 bits per heavy atom. The van der Waals surface area contributed by atoms with E-state index in [4.69, 9.17) is 9.84 Å². The van der Waals surface area contributed by atoms with Gasteiger partial charge in [0.1, 0.15) is 5.82 Å². The minimum absolute atomic E-state index is 0.00391. The van der Waals surface area contributed by atoms with Crippen molar-refractivity contribution in [2.45, 2.75) is 13.3 Å². The first-order valence-corrected chi connectivity index (χ1v) is 9.32. The van der Waals surface area contributed by atoms with E-state index < -0.39 is 10.0 Å². The van der Waals surface area contributed by atoms with Crippen molar-refractivity contribution in [1.82, 2.24) is 24.5 Å². The van der Waals surface area contributed by atoms with Crippen LogP contribution >= 0.6 is 0 Å². The summed E-state index contributed by atoms with van der Waals surface area (Å²) in [6, 6.07) is 3.55. The standard InChI is InChI=1S/C13H22N6O4S/c1-2-24(21,22)15-6-5-13-17-16-12-4-3-11(18-19(12)13)14-7-9-23-10-8-20/h3-4,15,20H,2,5-10H2,1H3,(H,14,18). The van der Waals surface area contributed by atoms with Gasteiger partial charge < -0.3 is 15.2 Å². The fourth-order valence-corrected chi connectivity index (χ4v) is 2.54. The Bertz CT molecular complexity index is 748. The molecule has 2 aromatic rings. The molecule has 3 N–H and O–H groups in total. The van der Waals surface area contributed by atoms with E-state index in [2.05, 4.69) is 25.3 Å². The van der Waals surface area contributed by atoms with E-state index in [1.807, 2.05) is 0 Å². The van der Waals surface area contributed by atoms with Gasteiger partial charge in [-0.1, -0.05) is 0 Å². The highest BCUT2D eigenvalue weighted by molar-refractivity contribution is 7.89. The highest BCUT2D eigenvalue weighted by Gasteiger charge is 2.10. The van der Waals surface area contributed by atoms with Gasteiger partial charge in [-0.15, -0.1) is 15.3 Å². The van der Waals surface area contributed by atoms with Crippen LogP contribution in [0.4, 0.5) is 5.82 Å². The van der Waals surface area contributed by atoms with Crippen LogP contribution in [0.25, 0.3) is 5.65 Å². The second-order valence-corrected chi connectivity index (χ2v) is 7.01. The monoisotopic (exact) mass is 358 g/mol. The third kappa shape index (κ3) is 5.37. The Labute approximate surface area is 140 Å². The molecule has 0 saturated carbocycles. The molecule has 0 aliphatic heterocycles. The van der Waals surface area contributed by atoms with Crippen molar-refractivity contribution in [3.63, 3.8) is 0 Å². The van der Waals surface area contributed by atoms with Crippen molar-refractivity contribution in [2.75, 3.05) is 44.0 Å². The molecular formula is C13H22N6O4S. The second kappa shape index (κ2) is 8.87. The number of aliphatic hydroxyl groups excluding tert-OH is 1. The highest BCUT2D eigenvalue weighted by Crippen LogP contribution is 2.07. The zero-order valence-electron chi connectivity index (χ0n) is 13.5. The number of hydrogen-bond donors (Lipinski definition) is 3. The van der Waals surface area contributed by atoms with Gasteiger partial charge in [0.2, 0.25) is 10.0 Å². The van der Waals surface area contributed by atoms with Crippen LogP contribution in [0.2, 0.25) is 0 Å². The molecule has 0 radical (unpaired) electrons. The van der Waals surface area contributed by atoms with Gasteiger partial charge in [-0.3, -0.25) is 0 Å². The van der Waals surface area contributed by atoms with Crippen molar-refractivity contribution >= 4 is 21.5 Å². The van der Waals surface area contributed by atoms with Crippen molar-refractivity contribution in [3.05, 3.63) is 18.0 Å². The van der Waals surface area contributed by atoms with Gasteiger partial charge in [-0.05, 0) is 19.1 Å². The lowest BCUT2D eigenvalue weighted by Gasteiger charge is -2.07. The van der Waals surface area contributed by atoms with Crippen LogP contribution in [0.1, 0.15) is 12.7 Å². The first-order valence-electron chi connectivity index (χ1n) is 7.67. The average molecular weight is 358 g/mol. The number of nitrogens with zero attached hydrogens (tertiary/aromatic N) is 4. The zero-order valence-corrected chi connectivity index (χ0v) is 14.3. The fourth-order valence-electron chi connectivity index (χ4n) is 1.92. The minimum Gasteiger partial charge on any atom is -0.394 e. The molecule has 0 saturated heterocycles. The molecule has 0 bridgehead atoms. The molecular weight excluding hydrogens is 336 g/mol. The molecule has 24 heavy (non-hydrogen) atoms. The van der Waals surface area contributed by atoms with Crippen LogP contribution < -0.4 is 10.0 Å². The summed E-state index contributed by atoms with van der Waals surface area (Å²) in [7, 11) is -3.23. The van der Waals surface area contributed by atoms with Gasteiger partial charge in [0.25, 0.3) is 0 Å². The Morgan fingerprint density at radius 2 is 2.08 bits per heavy atom. The van der Waals surface area contributed by atoms with E-state index in [1.165, 1.54) is 0 Å². The minimum atomic E-state index is -3.23. The van der Waals surface area contributed by atoms with E-state index in [0.29, 0.717) is 43.5 Å². The Morgan fingerprint density at radius 1 is 1.25 bits per heavy atom. The van der Waals surface area contributed by atoms with E-state index >= 15 is 0 Å². The Balaban J connectivity index is 1.95. The number of ether oxygens (including phenoxy) is 1. The first kappa shape index (κ1) is 18.5. The quantitative estimate of drug-likeness (QED) is 0.437. The molecule has 11 heteroatoms. The molecule has 0 aromatic carbocycles. The second-order valence-electron chi connectivity index (χ2n) is 4.92. The molecule has 2 heterocycles. The number of aliphatic hydroxyl groups is 1. The molecule has 0 fully saturated rings. The number of hydrogen-bond acceptors (Lipinski definition) is 8. The number of aromatic nitrogens is 4. The van der Waals surface area contributed by atoms with Crippen LogP contribution in [0.5, 0.6) is 0 Å². The van der Waals surface area contributed by atoms with Crippen molar-refractivity contribution in [3.8, 4) is 0 Å². The Hall–Kier alpha value is -1.82. The molecule has 0 amide bonds. The van der Waals surface area contributed by atoms with Gasteiger partial charge in [0.15, 0.2) is 11.5 Å². The number of sulfonamides is 1. The summed E-state index contributed by atoms with van der Waals surface area (Å²) in [5, 5.41) is 24.2. The molecule has 0 atom stereocenters. The van der Waals surface area contributed by atoms with Crippen LogP contribution in [0.3, 0.4) is 0 Å². The molecule has 0 aliphatic rings. The predicted molar refractivity (Wildman–Crippen MR) is 88.3 cm³/mol. The van der Waals surface area contributed by atoms with Gasteiger partial charge in [0.05, 0.1) is 25.6 Å². The fraction of sp³-hybridized carbons (Fsp3) is 0.615. The van der Waals surface area contributed by atoms with Crippen LogP contribution in [-0.2, 0) is 21.2 Å². The van der Waals surface area contributed by atoms with Crippen molar-refractivity contribution in [2.24, 2.45) is 0 Å². The zero-order chi connectivity index (χ0) is 17.4. The summed E-state index contributed by atoms with van der Waals surface area (Å²) in [6.45, 7) is 3.12. The summed E-state index contributed by atoms with van der Waals surface area (Å²) < 4.78 is 32.1. The SMILES string of the molecule is CCS(=O)(=O)NCCc1nnc2ccc(NCCOCCO)nn12. The van der Waals surface area contributed by atoms with Crippen LogP contribution in [0, 0.1) is 0 Å². The first-order chi connectivity index (χ1) is 11.6. The van der Waals surface area contributed by atoms with E-state index in [0.717, 1.165) is 0 Å². The topological polar surface area (TPSA) is 131 Å². The van der Waals surface area contributed by atoms with Crippen LogP contribution in [-0.4, -0.2) is 72.0 Å². The van der Waals surface area contributed by atoms with E-state index in [1.54, 1.807) is 23.6 Å². The van der Waals surface area contributed by atoms with Gasteiger partial charge in [0, 0.05) is 19.5 Å².